The van der Waals surface area contributed by atoms with Crippen molar-refractivity contribution in [1.82, 2.24) is 20.8 Å². The van der Waals surface area contributed by atoms with Crippen molar-refractivity contribution in [2.45, 2.75) is 88.9 Å². The third-order valence-corrected chi connectivity index (χ3v) is 11.9. The predicted octanol–water partition coefficient (Wildman–Crippen LogP) is 9.69. The third-order valence-electron chi connectivity index (χ3n) is 9.75. The molecule has 0 bridgehead atoms. The molecule has 4 aromatic carbocycles. The number of para-hydroxylation sites is 2. The first kappa shape index (κ1) is 31.7. The average Bonchev–Trinajstić information content (AvgIpc) is 3.78. The zero-order valence-corrected chi connectivity index (χ0v) is 28.8. The molecule has 4 unspecified atom stereocenters. The number of fused-ring (bicyclic) bond motifs is 2. The van der Waals surface area contributed by atoms with Gasteiger partial charge in [-0.15, -0.1) is 22.7 Å². The second kappa shape index (κ2) is 14.9. The Morgan fingerprint density at radius 2 is 1.08 bits per heavy atom. The van der Waals surface area contributed by atoms with Gasteiger partial charge in [0.25, 0.3) is 0 Å². The molecule has 246 valence electrons. The van der Waals surface area contributed by atoms with Crippen LogP contribution in [0.25, 0.3) is 41.6 Å². The van der Waals surface area contributed by atoms with Gasteiger partial charge < -0.3 is 9.47 Å². The van der Waals surface area contributed by atoms with Crippen molar-refractivity contribution in [2.24, 2.45) is 0 Å². The van der Waals surface area contributed by atoms with Crippen LogP contribution >= 0.6 is 22.7 Å². The van der Waals surface area contributed by atoms with Crippen LogP contribution in [-0.2, 0) is 22.7 Å². The number of nitrogens with one attached hydrogen (secondary N) is 2. The maximum atomic E-state index is 6.61. The molecule has 0 saturated heterocycles. The molecule has 2 aromatic heterocycles. The van der Waals surface area contributed by atoms with E-state index in [1.165, 1.54) is 46.2 Å². The summed E-state index contributed by atoms with van der Waals surface area (Å²) < 4.78 is 15.6. The lowest BCUT2D eigenvalue weighted by Gasteiger charge is -2.37. The predicted molar refractivity (Wildman–Crippen MR) is 198 cm³/mol. The lowest BCUT2D eigenvalue weighted by atomic mass is 9.91. The minimum absolute atomic E-state index is 0.175. The SMILES string of the molecule is c1cc(COC2CCCCC2NNC2CCCCC2OCc2ccc(-c3nc4ccccc4s3)cc2)cc(-c2nc3ccccc3s2)c1. The van der Waals surface area contributed by atoms with Gasteiger partial charge in [-0.05, 0) is 67.1 Å². The summed E-state index contributed by atoms with van der Waals surface area (Å²) in [5.74, 6) is 0. The number of ether oxygens (including phenoxy) is 2. The van der Waals surface area contributed by atoms with Crippen molar-refractivity contribution < 1.29 is 9.47 Å². The van der Waals surface area contributed by atoms with Gasteiger partial charge in [-0.1, -0.05) is 92.4 Å². The number of nitrogens with zero attached hydrogens (tertiary/aromatic N) is 2. The summed E-state index contributed by atoms with van der Waals surface area (Å²) in [7, 11) is 0. The van der Waals surface area contributed by atoms with E-state index in [1.807, 2.05) is 12.1 Å². The summed E-state index contributed by atoms with van der Waals surface area (Å²) in [6.45, 7) is 1.22. The van der Waals surface area contributed by atoms with E-state index < -0.39 is 0 Å². The van der Waals surface area contributed by atoms with Crippen LogP contribution in [0.1, 0.15) is 62.5 Å². The number of hydrogen-bond donors (Lipinski definition) is 2. The smallest absolute Gasteiger partial charge is 0.124 e. The number of hydrazine groups is 1. The second-order valence-electron chi connectivity index (χ2n) is 13.1. The molecular weight excluding hydrogens is 633 g/mol. The molecule has 8 rings (SSSR count). The molecule has 6 nitrogen and oxygen atoms in total. The highest BCUT2D eigenvalue weighted by Crippen LogP contribution is 2.32. The Bertz CT molecular complexity index is 1890. The summed E-state index contributed by atoms with van der Waals surface area (Å²) >= 11 is 3.49. The fourth-order valence-electron chi connectivity index (χ4n) is 7.07. The van der Waals surface area contributed by atoms with Gasteiger partial charge >= 0.3 is 0 Å². The van der Waals surface area contributed by atoms with Crippen LogP contribution in [0, 0.1) is 0 Å². The zero-order valence-electron chi connectivity index (χ0n) is 27.1. The van der Waals surface area contributed by atoms with Crippen LogP contribution in [0.3, 0.4) is 0 Å². The average molecular weight is 675 g/mol. The van der Waals surface area contributed by atoms with E-state index in [-0.39, 0.29) is 24.3 Å². The minimum Gasteiger partial charge on any atom is -0.372 e. The summed E-state index contributed by atoms with van der Waals surface area (Å²) in [5.41, 5.74) is 14.3. The lowest BCUT2D eigenvalue weighted by Crippen LogP contribution is -2.56. The number of thiazole rings is 2. The quantitative estimate of drug-likeness (QED) is 0.133. The summed E-state index contributed by atoms with van der Waals surface area (Å²) in [6, 6.07) is 34.6. The largest absolute Gasteiger partial charge is 0.372 e. The molecule has 4 atom stereocenters. The van der Waals surface area contributed by atoms with Crippen molar-refractivity contribution in [1.29, 1.82) is 0 Å². The van der Waals surface area contributed by atoms with Crippen LogP contribution in [0.4, 0.5) is 0 Å². The van der Waals surface area contributed by atoms with Gasteiger partial charge in [0.15, 0.2) is 0 Å². The highest BCUT2D eigenvalue weighted by atomic mass is 32.1. The zero-order chi connectivity index (χ0) is 32.1. The van der Waals surface area contributed by atoms with E-state index in [9.17, 15) is 0 Å². The van der Waals surface area contributed by atoms with Crippen molar-refractivity contribution in [3.05, 3.63) is 108 Å². The molecule has 2 aliphatic rings. The first-order valence-corrected chi connectivity index (χ1v) is 19.0. The molecule has 2 aliphatic carbocycles. The normalized spacial score (nSPS) is 21.6. The van der Waals surface area contributed by atoms with Crippen LogP contribution in [-0.4, -0.2) is 34.3 Å². The number of benzene rings is 4. The molecule has 2 N–H and O–H groups in total. The van der Waals surface area contributed by atoms with Gasteiger partial charge in [0.05, 0.1) is 45.9 Å². The molecule has 0 radical (unpaired) electrons. The maximum absolute atomic E-state index is 6.61. The lowest BCUT2D eigenvalue weighted by molar-refractivity contribution is -0.0287. The Morgan fingerprint density at radius 1 is 0.542 bits per heavy atom. The number of hydrogen-bond acceptors (Lipinski definition) is 8. The molecule has 8 heteroatoms. The van der Waals surface area contributed by atoms with Gasteiger partial charge in [-0.25, -0.2) is 9.97 Å². The van der Waals surface area contributed by atoms with Crippen molar-refractivity contribution >= 4 is 43.1 Å². The highest BCUT2D eigenvalue weighted by molar-refractivity contribution is 7.22. The summed E-state index contributed by atoms with van der Waals surface area (Å²) in [6.07, 6.45) is 9.63. The molecule has 0 amide bonds. The highest BCUT2D eigenvalue weighted by Gasteiger charge is 2.30. The molecule has 6 aromatic rings. The van der Waals surface area contributed by atoms with Crippen LogP contribution in [0.15, 0.2) is 97.1 Å². The maximum Gasteiger partial charge on any atom is 0.124 e. The monoisotopic (exact) mass is 674 g/mol. The fourth-order valence-corrected chi connectivity index (χ4v) is 9.01. The molecule has 0 aliphatic heterocycles. The molecule has 0 spiro atoms. The van der Waals surface area contributed by atoms with E-state index in [1.54, 1.807) is 22.7 Å². The Balaban J connectivity index is 0.848. The van der Waals surface area contributed by atoms with E-state index in [0.717, 1.165) is 57.9 Å². The molecular formula is C40H42N4O2S2. The Hall–Kier alpha value is -3.50. The van der Waals surface area contributed by atoms with Gasteiger partial charge in [-0.2, -0.15) is 0 Å². The van der Waals surface area contributed by atoms with Crippen molar-refractivity contribution in [3.63, 3.8) is 0 Å². The van der Waals surface area contributed by atoms with E-state index >= 15 is 0 Å². The fraction of sp³-hybridized carbons (Fsp3) is 0.350. The second-order valence-corrected chi connectivity index (χ2v) is 15.2. The Kier molecular flexibility index (Phi) is 9.89. The van der Waals surface area contributed by atoms with E-state index in [0.29, 0.717) is 13.2 Å². The first-order chi connectivity index (χ1) is 23.7. The van der Waals surface area contributed by atoms with Gasteiger partial charge in [0.2, 0.25) is 0 Å². The van der Waals surface area contributed by atoms with Crippen molar-refractivity contribution in [2.75, 3.05) is 0 Å². The summed E-state index contributed by atoms with van der Waals surface area (Å²) in [5, 5.41) is 2.12. The molecule has 2 fully saturated rings. The summed E-state index contributed by atoms with van der Waals surface area (Å²) in [4.78, 5) is 9.68. The van der Waals surface area contributed by atoms with Crippen LogP contribution < -0.4 is 10.9 Å². The van der Waals surface area contributed by atoms with E-state index in [4.69, 9.17) is 19.4 Å². The Morgan fingerprint density at radius 3 is 1.69 bits per heavy atom. The molecule has 48 heavy (non-hydrogen) atoms. The number of aromatic nitrogens is 2. The third kappa shape index (κ3) is 7.39. The van der Waals surface area contributed by atoms with Crippen molar-refractivity contribution in [3.8, 4) is 21.1 Å². The Labute approximate surface area is 290 Å². The molecule has 2 heterocycles. The molecule has 2 saturated carbocycles. The van der Waals surface area contributed by atoms with Crippen LogP contribution in [0.2, 0.25) is 0 Å². The topological polar surface area (TPSA) is 68.3 Å². The number of rotatable bonds is 11. The van der Waals surface area contributed by atoms with Crippen LogP contribution in [0.5, 0.6) is 0 Å². The minimum atomic E-state index is 0.175. The van der Waals surface area contributed by atoms with Gasteiger partial charge in [0, 0.05) is 23.2 Å². The van der Waals surface area contributed by atoms with Gasteiger partial charge in [0.1, 0.15) is 10.0 Å². The van der Waals surface area contributed by atoms with E-state index in [2.05, 4.69) is 95.8 Å². The van der Waals surface area contributed by atoms with Gasteiger partial charge in [-0.3, -0.25) is 10.9 Å². The first-order valence-electron chi connectivity index (χ1n) is 17.4. The standard InChI is InChI=1S/C40H42N4O2S2/c1-5-16-35(45-25-27-20-22-29(23-21-27)39-41-33-14-3-7-18-37(33)47-39)31(12-1)43-44-32-13-2-6-17-36(32)46-26-28-10-9-11-30(24-28)40-42-34-15-4-8-19-38(34)48-40/h3-4,7-11,14-15,18-24,31-32,35-36,43-44H,1-2,5-6,12-13,16-17,25-26H2.